The molecule has 0 saturated carbocycles. The summed E-state index contributed by atoms with van der Waals surface area (Å²) in [6.45, 7) is 4.85. The lowest BCUT2D eigenvalue weighted by molar-refractivity contribution is -0.122. The van der Waals surface area contributed by atoms with Gasteiger partial charge in [0.15, 0.2) is 0 Å². The second-order valence-electron chi connectivity index (χ2n) is 6.65. The van der Waals surface area contributed by atoms with Crippen LogP contribution in [-0.2, 0) is 17.8 Å². The minimum absolute atomic E-state index is 0.0134. The van der Waals surface area contributed by atoms with Crippen molar-refractivity contribution in [2.45, 2.75) is 32.7 Å². The van der Waals surface area contributed by atoms with Gasteiger partial charge in [-0.25, -0.2) is 4.39 Å². The molecule has 2 aromatic carbocycles. The summed E-state index contributed by atoms with van der Waals surface area (Å²) in [4.78, 5) is 13.3. The highest BCUT2D eigenvalue weighted by molar-refractivity contribution is 5.75. The minimum Gasteiger partial charge on any atom is -0.354 e. The number of nitrogens with zero attached hydrogens (tertiary/aromatic N) is 4. The zero-order valence-electron chi connectivity index (χ0n) is 15.4. The number of amides is 1. The number of hydrogen-bond donors (Lipinski definition) is 1. The first kappa shape index (κ1) is 18.7. The quantitative estimate of drug-likeness (QED) is 0.697. The third-order valence-electron chi connectivity index (χ3n) is 4.22. The smallest absolute Gasteiger partial charge is 0.243 e. The predicted octanol–water partition coefficient (Wildman–Crippen LogP) is 2.96. The van der Waals surface area contributed by atoms with Crippen molar-refractivity contribution >= 4 is 5.91 Å². The van der Waals surface area contributed by atoms with Crippen LogP contribution in [0.25, 0.3) is 11.4 Å². The van der Waals surface area contributed by atoms with E-state index in [9.17, 15) is 9.18 Å². The number of hydrogen-bond acceptors (Lipinski definition) is 4. The Kier molecular flexibility index (Phi) is 5.90. The molecule has 27 heavy (non-hydrogen) atoms. The zero-order valence-corrected chi connectivity index (χ0v) is 15.4. The van der Waals surface area contributed by atoms with Crippen LogP contribution in [-0.4, -0.2) is 32.7 Å². The normalized spacial score (nSPS) is 11.0. The average molecular weight is 367 g/mol. The van der Waals surface area contributed by atoms with Gasteiger partial charge in [-0.05, 0) is 52.9 Å². The van der Waals surface area contributed by atoms with Gasteiger partial charge in [-0.3, -0.25) is 4.79 Å². The molecule has 0 radical (unpaired) electrons. The molecule has 7 heteroatoms. The number of rotatable bonds is 7. The molecule has 0 spiro atoms. The molecular formula is C20H22FN5O. The Bertz CT molecular complexity index is 887. The third-order valence-corrected chi connectivity index (χ3v) is 4.22. The van der Waals surface area contributed by atoms with Crippen molar-refractivity contribution < 1.29 is 9.18 Å². The summed E-state index contributed by atoms with van der Waals surface area (Å²) in [7, 11) is 0. The molecule has 0 saturated heterocycles. The summed E-state index contributed by atoms with van der Waals surface area (Å²) in [5.74, 6) is 0.350. The fraction of sp³-hybridized carbons (Fsp3) is 0.300. The van der Waals surface area contributed by atoms with Gasteiger partial charge in [-0.2, -0.15) is 4.80 Å². The maximum Gasteiger partial charge on any atom is 0.243 e. The molecule has 0 aliphatic heterocycles. The molecule has 0 aliphatic carbocycles. The van der Waals surface area contributed by atoms with Crippen LogP contribution in [0.1, 0.15) is 30.9 Å². The van der Waals surface area contributed by atoms with Crippen molar-refractivity contribution in [3.05, 3.63) is 65.5 Å². The third kappa shape index (κ3) is 5.20. The summed E-state index contributed by atoms with van der Waals surface area (Å²) in [6, 6.07) is 14.2. The van der Waals surface area contributed by atoms with Gasteiger partial charge in [0, 0.05) is 12.1 Å². The summed E-state index contributed by atoms with van der Waals surface area (Å²) >= 11 is 0. The van der Waals surface area contributed by atoms with Gasteiger partial charge in [0.05, 0.1) is 0 Å². The highest BCUT2D eigenvalue weighted by Crippen LogP contribution is 2.15. The molecule has 0 unspecified atom stereocenters. The van der Waals surface area contributed by atoms with E-state index < -0.39 is 0 Å². The van der Waals surface area contributed by atoms with Crippen LogP contribution in [0.5, 0.6) is 0 Å². The Balaban J connectivity index is 1.47. The van der Waals surface area contributed by atoms with Crippen LogP contribution in [0, 0.1) is 5.82 Å². The summed E-state index contributed by atoms with van der Waals surface area (Å²) < 4.78 is 13.0. The van der Waals surface area contributed by atoms with Gasteiger partial charge in [-0.15, -0.1) is 10.2 Å². The molecule has 140 valence electrons. The number of benzene rings is 2. The number of nitrogens with one attached hydrogen (secondary N) is 1. The second-order valence-corrected chi connectivity index (χ2v) is 6.65. The number of aromatic nitrogens is 4. The van der Waals surface area contributed by atoms with Gasteiger partial charge in [0.25, 0.3) is 0 Å². The van der Waals surface area contributed by atoms with E-state index in [0.717, 1.165) is 6.42 Å². The van der Waals surface area contributed by atoms with Crippen LogP contribution in [0.4, 0.5) is 4.39 Å². The minimum atomic E-state index is -0.329. The molecule has 0 bridgehead atoms. The number of halogens is 1. The van der Waals surface area contributed by atoms with Crippen molar-refractivity contribution in [2.75, 3.05) is 6.54 Å². The van der Waals surface area contributed by atoms with Crippen LogP contribution in [0.15, 0.2) is 48.5 Å². The van der Waals surface area contributed by atoms with Crippen molar-refractivity contribution in [1.82, 2.24) is 25.5 Å². The number of tetrazole rings is 1. The molecule has 3 rings (SSSR count). The molecule has 1 aromatic heterocycles. The van der Waals surface area contributed by atoms with E-state index in [-0.39, 0.29) is 18.3 Å². The molecule has 6 nitrogen and oxygen atoms in total. The Labute approximate surface area is 157 Å². The Morgan fingerprint density at radius 3 is 2.48 bits per heavy atom. The van der Waals surface area contributed by atoms with E-state index in [4.69, 9.17) is 0 Å². The standard InChI is InChI=1S/C20H22FN5O/c1-14(2)16-5-3-15(4-6-16)11-12-22-19(27)13-26-24-20(23-25-26)17-7-9-18(21)10-8-17/h3-10,14H,11-13H2,1-2H3,(H,22,27). The lowest BCUT2D eigenvalue weighted by Gasteiger charge is -2.08. The van der Waals surface area contributed by atoms with Crippen LogP contribution < -0.4 is 5.32 Å². The van der Waals surface area contributed by atoms with Crippen molar-refractivity contribution in [1.29, 1.82) is 0 Å². The molecular weight excluding hydrogens is 345 g/mol. The van der Waals surface area contributed by atoms with E-state index in [1.165, 1.54) is 28.1 Å². The Morgan fingerprint density at radius 2 is 1.81 bits per heavy atom. The van der Waals surface area contributed by atoms with Gasteiger partial charge in [-0.1, -0.05) is 38.1 Å². The van der Waals surface area contributed by atoms with Crippen LogP contribution in [0.2, 0.25) is 0 Å². The highest BCUT2D eigenvalue weighted by Gasteiger charge is 2.09. The maximum absolute atomic E-state index is 13.0. The predicted molar refractivity (Wildman–Crippen MR) is 100 cm³/mol. The monoisotopic (exact) mass is 367 g/mol. The van der Waals surface area contributed by atoms with E-state index in [1.807, 2.05) is 0 Å². The summed E-state index contributed by atoms with van der Waals surface area (Å²) in [5, 5.41) is 14.8. The first-order valence-corrected chi connectivity index (χ1v) is 8.90. The molecule has 3 aromatic rings. The van der Waals surface area contributed by atoms with Gasteiger partial charge in [0.1, 0.15) is 12.4 Å². The SMILES string of the molecule is CC(C)c1ccc(CCNC(=O)Cn2nnc(-c3ccc(F)cc3)n2)cc1. The lowest BCUT2D eigenvalue weighted by atomic mass is 10.0. The van der Waals surface area contributed by atoms with E-state index >= 15 is 0 Å². The Morgan fingerprint density at radius 1 is 1.11 bits per heavy atom. The van der Waals surface area contributed by atoms with Crippen molar-refractivity contribution in [3.63, 3.8) is 0 Å². The lowest BCUT2D eigenvalue weighted by Crippen LogP contribution is -2.30. The molecule has 0 atom stereocenters. The van der Waals surface area contributed by atoms with Gasteiger partial charge in [0.2, 0.25) is 11.7 Å². The van der Waals surface area contributed by atoms with Crippen LogP contribution >= 0.6 is 0 Å². The molecule has 1 heterocycles. The fourth-order valence-corrected chi connectivity index (χ4v) is 2.62. The second kappa shape index (κ2) is 8.53. The fourth-order valence-electron chi connectivity index (χ4n) is 2.62. The Hall–Kier alpha value is -3.09. The molecule has 1 amide bonds. The van der Waals surface area contributed by atoms with Crippen molar-refractivity contribution in [3.8, 4) is 11.4 Å². The molecule has 0 fully saturated rings. The summed E-state index contributed by atoms with van der Waals surface area (Å²) in [5.41, 5.74) is 3.13. The summed E-state index contributed by atoms with van der Waals surface area (Å²) in [6.07, 6.45) is 0.760. The van der Waals surface area contributed by atoms with Crippen molar-refractivity contribution in [2.24, 2.45) is 0 Å². The van der Waals surface area contributed by atoms with E-state index in [0.29, 0.717) is 23.9 Å². The topological polar surface area (TPSA) is 72.7 Å². The first-order chi connectivity index (χ1) is 13.0. The zero-order chi connectivity index (χ0) is 19.2. The number of carbonyl (C=O) groups is 1. The first-order valence-electron chi connectivity index (χ1n) is 8.90. The maximum atomic E-state index is 13.0. The van der Waals surface area contributed by atoms with Crippen LogP contribution in [0.3, 0.4) is 0 Å². The van der Waals surface area contributed by atoms with Gasteiger partial charge < -0.3 is 5.32 Å². The molecule has 0 aliphatic rings. The number of carbonyl (C=O) groups excluding carboxylic acids is 1. The van der Waals surface area contributed by atoms with Gasteiger partial charge >= 0.3 is 0 Å². The highest BCUT2D eigenvalue weighted by atomic mass is 19.1. The molecule has 1 N–H and O–H groups in total. The van der Waals surface area contributed by atoms with E-state index in [2.05, 4.69) is 58.8 Å². The largest absolute Gasteiger partial charge is 0.354 e. The average Bonchev–Trinajstić information content (AvgIpc) is 3.11. The van der Waals surface area contributed by atoms with E-state index in [1.54, 1.807) is 12.1 Å².